The highest BCUT2D eigenvalue weighted by Gasteiger charge is 2.07. The minimum Gasteiger partial charge on any atom is -0.398 e. The molecule has 0 saturated heterocycles. The van der Waals surface area contributed by atoms with Crippen LogP contribution in [0.2, 0.25) is 0 Å². The predicted molar refractivity (Wildman–Crippen MR) is 74.4 cm³/mol. The topological polar surface area (TPSA) is 68.0 Å². The molecule has 0 spiro atoms. The smallest absolute Gasteiger partial charge is 0.254 e. The number of nitrogens with two attached hydrogens (primary N) is 1. The molecule has 0 atom stereocenters. The zero-order valence-corrected chi connectivity index (χ0v) is 11.1. The van der Waals surface area contributed by atoms with Gasteiger partial charge in [0.05, 0.1) is 5.56 Å². The first kappa shape index (κ1) is 14.5. The van der Waals surface area contributed by atoms with Crippen LogP contribution in [0.4, 0.5) is 5.69 Å². The maximum absolute atomic E-state index is 11.8. The van der Waals surface area contributed by atoms with E-state index in [0.29, 0.717) is 17.8 Å². The third kappa shape index (κ3) is 5.17. The maximum Gasteiger partial charge on any atom is 0.254 e. The van der Waals surface area contributed by atoms with Gasteiger partial charge in [-0.05, 0) is 12.5 Å². The first-order chi connectivity index (χ1) is 8.75. The molecule has 0 fully saturated rings. The Balaban J connectivity index is 2.16. The van der Waals surface area contributed by atoms with E-state index in [1.165, 1.54) is 38.3 Å². The molecule has 0 radical (unpaired) electrons. The van der Waals surface area contributed by atoms with Gasteiger partial charge in [-0.2, -0.15) is 0 Å². The van der Waals surface area contributed by atoms with E-state index in [0.717, 1.165) is 6.42 Å². The fourth-order valence-corrected chi connectivity index (χ4v) is 1.80. The van der Waals surface area contributed by atoms with E-state index >= 15 is 0 Å². The molecule has 0 aliphatic heterocycles. The van der Waals surface area contributed by atoms with Crippen molar-refractivity contribution in [2.75, 3.05) is 12.3 Å². The van der Waals surface area contributed by atoms with E-state index in [1.807, 2.05) is 0 Å². The Kier molecular flexibility index (Phi) is 6.84. The summed E-state index contributed by atoms with van der Waals surface area (Å²) >= 11 is 0. The summed E-state index contributed by atoms with van der Waals surface area (Å²) in [6.07, 6.45) is 10.4. The van der Waals surface area contributed by atoms with Crippen LogP contribution in [0.1, 0.15) is 55.8 Å². The lowest BCUT2D eigenvalue weighted by molar-refractivity contribution is 0.0953. The van der Waals surface area contributed by atoms with Gasteiger partial charge in [-0.15, -0.1) is 0 Å². The molecule has 0 aliphatic carbocycles. The van der Waals surface area contributed by atoms with Crippen molar-refractivity contribution in [3.05, 3.63) is 24.0 Å². The van der Waals surface area contributed by atoms with Gasteiger partial charge in [-0.3, -0.25) is 9.78 Å². The Bertz CT molecular complexity index is 366. The number of nitrogens with one attached hydrogen (secondary N) is 1. The molecule has 4 nitrogen and oxygen atoms in total. The summed E-state index contributed by atoms with van der Waals surface area (Å²) in [5.41, 5.74) is 6.64. The number of nitrogen functional groups attached to an aromatic ring is 1. The molecule has 0 bridgehead atoms. The van der Waals surface area contributed by atoms with Gasteiger partial charge in [0.1, 0.15) is 0 Å². The van der Waals surface area contributed by atoms with Crippen LogP contribution in [0.5, 0.6) is 0 Å². The van der Waals surface area contributed by atoms with Crippen LogP contribution in [0.25, 0.3) is 0 Å². The highest BCUT2D eigenvalue weighted by Crippen LogP contribution is 2.08. The quantitative estimate of drug-likeness (QED) is 0.696. The number of unbranched alkanes of at least 4 members (excludes halogenated alkanes) is 5. The second-order valence-corrected chi connectivity index (χ2v) is 4.49. The number of amides is 1. The van der Waals surface area contributed by atoms with Gasteiger partial charge in [0, 0.05) is 24.6 Å². The second-order valence-electron chi connectivity index (χ2n) is 4.49. The fraction of sp³-hybridized carbons (Fsp3) is 0.571. The molecule has 100 valence electrons. The Labute approximate surface area is 109 Å². The summed E-state index contributed by atoms with van der Waals surface area (Å²) in [6.45, 7) is 2.91. The standard InChI is InChI=1S/C14H23N3O/c1-2-3-4-5-6-7-9-17-14(18)12-11-16-10-8-13(12)15/h8,10-11H,2-7,9H2,1H3,(H2,15,16)(H,17,18). The molecule has 1 amide bonds. The largest absolute Gasteiger partial charge is 0.398 e. The lowest BCUT2D eigenvalue weighted by Crippen LogP contribution is -2.25. The number of nitrogens with zero attached hydrogens (tertiary/aromatic N) is 1. The van der Waals surface area contributed by atoms with Crippen LogP contribution in [-0.4, -0.2) is 17.4 Å². The van der Waals surface area contributed by atoms with Gasteiger partial charge in [0.15, 0.2) is 0 Å². The van der Waals surface area contributed by atoms with Crippen molar-refractivity contribution < 1.29 is 4.79 Å². The number of pyridine rings is 1. The number of hydrogen-bond acceptors (Lipinski definition) is 3. The van der Waals surface area contributed by atoms with Crippen LogP contribution in [0, 0.1) is 0 Å². The van der Waals surface area contributed by atoms with E-state index in [4.69, 9.17) is 5.73 Å². The van der Waals surface area contributed by atoms with Crippen LogP contribution >= 0.6 is 0 Å². The SMILES string of the molecule is CCCCCCCCNC(=O)c1cnccc1N. The zero-order chi connectivity index (χ0) is 13.2. The molecule has 3 N–H and O–H groups in total. The predicted octanol–water partition coefficient (Wildman–Crippen LogP) is 2.75. The van der Waals surface area contributed by atoms with Crippen molar-refractivity contribution in [3.63, 3.8) is 0 Å². The monoisotopic (exact) mass is 249 g/mol. The highest BCUT2D eigenvalue weighted by molar-refractivity contribution is 5.98. The molecule has 1 aromatic rings. The number of anilines is 1. The molecule has 18 heavy (non-hydrogen) atoms. The van der Waals surface area contributed by atoms with Crippen molar-refractivity contribution >= 4 is 11.6 Å². The van der Waals surface area contributed by atoms with Gasteiger partial charge in [-0.25, -0.2) is 0 Å². The van der Waals surface area contributed by atoms with Gasteiger partial charge in [0.25, 0.3) is 5.91 Å². The molecule has 0 aromatic carbocycles. The third-order valence-corrected chi connectivity index (χ3v) is 2.92. The number of rotatable bonds is 8. The number of aromatic nitrogens is 1. The average Bonchev–Trinajstić information content (AvgIpc) is 2.38. The van der Waals surface area contributed by atoms with Crippen molar-refractivity contribution in [2.24, 2.45) is 0 Å². The van der Waals surface area contributed by atoms with Crippen molar-refractivity contribution in [1.82, 2.24) is 10.3 Å². The summed E-state index contributed by atoms with van der Waals surface area (Å²) in [4.78, 5) is 15.7. The van der Waals surface area contributed by atoms with E-state index < -0.39 is 0 Å². The Morgan fingerprint density at radius 1 is 1.28 bits per heavy atom. The van der Waals surface area contributed by atoms with Gasteiger partial charge < -0.3 is 11.1 Å². The van der Waals surface area contributed by atoms with Crippen LogP contribution in [0.3, 0.4) is 0 Å². The fourth-order valence-electron chi connectivity index (χ4n) is 1.80. The molecule has 0 aliphatic rings. The van der Waals surface area contributed by atoms with E-state index in [2.05, 4.69) is 17.2 Å². The van der Waals surface area contributed by atoms with Gasteiger partial charge in [0.2, 0.25) is 0 Å². The Hall–Kier alpha value is -1.58. The van der Waals surface area contributed by atoms with Crippen molar-refractivity contribution in [2.45, 2.75) is 45.4 Å². The van der Waals surface area contributed by atoms with Crippen molar-refractivity contribution in [3.8, 4) is 0 Å². The lowest BCUT2D eigenvalue weighted by atomic mass is 10.1. The van der Waals surface area contributed by atoms with E-state index in [9.17, 15) is 4.79 Å². The Morgan fingerprint density at radius 3 is 2.72 bits per heavy atom. The molecule has 4 heteroatoms. The molecule has 1 aromatic heterocycles. The first-order valence-electron chi connectivity index (χ1n) is 6.73. The summed E-state index contributed by atoms with van der Waals surface area (Å²) in [7, 11) is 0. The Morgan fingerprint density at radius 2 is 2.00 bits per heavy atom. The zero-order valence-electron chi connectivity index (χ0n) is 11.1. The minimum absolute atomic E-state index is 0.130. The van der Waals surface area contributed by atoms with E-state index in [1.54, 1.807) is 12.3 Å². The summed E-state index contributed by atoms with van der Waals surface area (Å²) < 4.78 is 0. The first-order valence-corrected chi connectivity index (χ1v) is 6.73. The molecule has 0 unspecified atom stereocenters. The average molecular weight is 249 g/mol. The number of carbonyl (C=O) groups is 1. The summed E-state index contributed by atoms with van der Waals surface area (Å²) in [5, 5.41) is 2.87. The molecular weight excluding hydrogens is 226 g/mol. The van der Waals surface area contributed by atoms with Crippen LogP contribution < -0.4 is 11.1 Å². The van der Waals surface area contributed by atoms with Gasteiger partial charge >= 0.3 is 0 Å². The number of carbonyl (C=O) groups excluding carboxylic acids is 1. The second kappa shape index (κ2) is 8.50. The van der Waals surface area contributed by atoms with E-state index in [-0.39, 0.29) is 5.91 Å². The van der Waals surface area contributed by atoms with Gasteiger partial charge in [-0.1, -0.05) is 39.0 Å². The molecule has 1 rings (SSSR count). The maximum atomic E-state index is 11.8. The third-order valence-electron chi connectivity index (χ3n) is 2.92. The summed E-state index contributed by atoms with van der Waals surface area (Å²) in [5.74, 6) is -0.130. The summed E-state index contributed by atoms with van der Waals surface area (Å²) in [6, 6.07) is 1.64. The lowest BCUT2D eigenvalue weighted by Gasteiger charge is -2.06. The number of hydrogen-bond donors (Lipinski definition) is 2. The van der Waals surface area contributed by atoms with Crippen molar-refractivity contribution in [1.29, 1.82) is 0 Å². The molecule has 1 heterocycles. The highest BCUT2D eigenvalue weighted by atomic mass is 16.1. The molecule has 0 saturated carbocycles. The van der Waals surface area contributed by atoms with Crippen LogP contribution in [0.15, 0.2) is 18.5 Å². The minimum atomic E-state index is -0.130. The van der Waals surface area contributed by atoms with Crippen LogP contribution in [-0.2, 0) is 0 Å². The molecular formula is C14H23N3O. The normalized spacial score (nSPS) is 10.3.